The minimum Gasteiger partial charge on any atom is -0.350 e. The zero-order valence-electron chi connectivity index (χ0n) is 13.3. The molecule has 0 fully saturated rings. The van der Waals surface area contributed by atoms with Crippen LogP contribution in [-0.2, 0) is 9.59 Å². The first-order valence-electron chi connectivity index (χ1n) is 7.41. The first-order valence-corrected chi connectivity index (χ1v) is 8.54. The fourth-order valence-electron chi connectivity index (χ4n) is 2.40. The Morgan fingerprint density at radius 1 is 0.923 bits per heavy atom. The number of benzene rings is 2. The lowest BCUT2D eigenvalue weighted by Gasteiger charge is -2.15. The van der Waals surface area contributed by atoms with Gasteiger partial charge in [0.15, 0.2) is 5.78 Å². The van der Waals surface area contributed by atoms with Gasteiger partial charge < -0.3 is 5.32 Å². The number of amides is 2. The zero-order valence-corrected chi connectivity index (χ0v) is 15.6. The van der Waals surface area contributed by atoms with Crippen molar-refractivity contribution >= 4 is 63.8 Å². The molecule has 0 unspecified atom stereocenters. The second kappa shape index (κ2) is 7.11. The fourth-order valence-corrected chi connectivity index (χ4v) is 2.91. The Morgan fingerprint density at radius 3 is 2.15 bits per heavy atom. The lowest BCUT2D eigenvalue weighted by Crippen LogP contribution is -2.32. The predicted octanol–water partition coefficient (Wildman–Crippen LogP) is 4.63. The quantitative estimate of drug-likeness (QED) is 0.590. The molecule has 0 bridgehead atoms. The van der Waals surface area contributed by atoms with Crippen LogP contribution in [-0.4, -0.2) is 17.6 Å². The van der Waals surface area contributed by atoms with Gasteiger partial charge in [0.1, 0.15) is 10.7 Å². The molecule has 1 aliphatic rings. The van der Waals surface area contributed by atoms with Crippen LogP contribution in [0.1, 0.15) is 17.3 Å². The average molecular weight is 410 g/mol. The summed E-state index contributed by atoms with van der Waals surface area (Å²) in [6.45, 7) is 1.45. The highest BCUT2D eigenvalue weighted by Crippen LogP contribution is 2.33. The summed E-state index contributed by atoms with van der Waals surface area (Å²) < 4.78 is 0. The van der Waals surface area contributed by atoms with Crippen LogP contribution in [0.15, 0.2) is 53.2 Å². The molecule has 1 aliphatic heterocycles. The summed E-state index contributed by atoms with van der Waals surface area (Å²) in [6, 6.07) is 10.8. The van der Waals surface area contributed by atoms with Crippen LogP contribution in [0, 0.1) is 0 Å². The van der Waals surface area contributed by atoms with Gasteiger partial charge in [0.05, 0.1) is 15.7 Å². The number of imide groups is 1. The van der Waals surface area contributed by atoms with E-state index in [-0.39, 0.29) is 27.2 Å². The number of hydrogen-bond donors (Lipinski definition) is 1. The molecule has 0 saturated carbocycles. The summed E-state index contributed by atoms with van der Waals surface area (Å²) in [5.41, 5.74) is 1.25. The summed E-state index contributed by atoms with van der Waals surface area (Å²) in [5.74, 6) is -1.36. The summed E-state index contributed by atoms with van der Waals surface area (Å²) >= 11 is 17.9. The highest BCUT2D eigenvalue weighted by Gasteiger charge is 2.39. The van der Waals surface area contributed by atoms with Gasteiger partial charge in [-0.15, -0.1) is 0 Å². The van der Waals surface area contributed by atoms with Crippen LogP contribution in [0.4, 0.5) is 11.4 Å². The van der Waals surface area contributed by atoms with E-state index in [0.29, 0.717) is 16.3 Å². The maximum atomic E-state index is 12.7. The molecular formula is C18H11Cl3N2O3. The van der Waals surface area contributed by atoms with Gasteiger partial charge in [0.25, 0.3) is 11.8 Å². The molecule has 0 spiro atoms. The van der Waals surface area contributed by atoms with E-state index >= 15 is 0 Å². The molecule has 2 aromatic rings. The van der Waals surface area contributed by atoms with Crippen LogP contribution in [0.2, 0.25) is 10.0 Å². The summed E-state index contributed by atoms with van der Waals surface area (Å²) in [6.07, 6.45) is 0. The molecule has 8 heteroatoms. The lowest BCUT2D eigenvalue weighted by atomic mass is 10.1. The van der Waals surface area contributed by atoms with Gasteiger partial charge in [0, 0.05) is 11.3 Å². The van der Waals surface area contributed by atoms with E-state index in [1.807, 2.05) is 0 Å². The Balaban J connectivity index is 1.88. The van der Waals surface area contributed by atoms with E-state index in [9.17, 15) is 14.4 Å². The van der Waals surface area contributed by atoms with Crippen molar-refractivity contribution in [3.05, 3.63) is 68.8 Å². The average Bonchev–Trinajstić information content (AvgIpc) is 2.81. The van der Waals surface area contributed by atoms with Crippen molar-refractivity contribution in [2.75, 3.05) is 10.2 Å². The van der Waals surface area contributed by atoms with Crippen LogP contribution in [0.5, 0.6) is 0 Å². The maximum absolute atomic E-state index is 12.7. The molecule has 0 aliphatic carbocycles. The largest absolute Gasteiger partial charge is 0.350 e. The number of hydrogen-bond acceptors (Lipinski definition) is 4. The number of nitrogens with zero attached hydrogens (tertiary/aromatic N) is 1. The Hall–Kier alpha value is -2.34. The standard InChI is InChI=1S/C18H11Cl3N2O3/c1-9(24)10-2-4-11(5-3-10)22-16-15(21)17(25)23(18(16)26)12-6-7-13(19)14(20)8-12/h2-8,22H,1H3. The Bertz CT molecular complexity index is 968. The van der Waals surface area contributed by atoms with Gasteiger partial charge in [-0.1, -0.05) is 34.8 Å². The van der Waals surface area contributed by atoms with Crippen molar-refractivity contribution < 1.29 is 14.4 Å². The smallest absolute Gasteiger partial charge is 0.283 e. The molecule has 0 atom stereocenters. The van der Waals surface area contributed by atoms with Crippen LogP contribution >= 0.6 is 34.8 Å². The number of Topliss-reactive ketones (excluding diaryl/α,β-unsaturated/α-hetero) is 1. The van der Waals surface area contributed by atoms with Crippen LogP contribution < -0.4 is 10.2 Å². The number of anilines is 2. The Kier molecular flexibility index (Phi) is 5.05. The number of carbonyl (C=O) groups excluding carboxylic acids is 3. The van der Waals surface area contributed by atoms with Crippen molar-refractivity contribution in [2.24, 2.45) is 0 Å². The van der Waals surface area contributed by atoms with E-state index in [1.165, 1.54) is 25.1 Å². The summed E-state index contributed by atoms with van der Waals surface area (Å²) in [4.78, 5) is 37.3. The Morgan fingerprint density at radius 2 is 1.58 bits per heavy atom. The molecule has 132 valence electrons. The van der Waals surface area contributed by atoms with Crippen molar-refractivity contribution in [1.82, 2.24) is 0 Å². The molecule has 5 nitrogen and oxygen atoms in total. The van der Waals surface area contributed by atoms with E-state index < -0.39 is 11.8 Å². The SMILES string of the molecule is CC(=O)c1ccc(NC2=C(Cl)C(=O)N(c3ccc(Cl)c(Cl)c3)C2=O)cc1. The first kappa shape index (κ1) is 18.5. The van der Waals surface area contributed by atoms with E-state index in [1.54, 1.807) is 24.3 Å². The van der Waals surface area contributed by atoms with Gasteiger partial charge in [-0.05, 0) is 49.4 Å². The summed E-state index contributed by atoms with van der Waals surface area (Å²) in [7, 11) is 0. The highest BCUT2D eigenvalue weighted by molar-refractivity contribution is 6.53. The van der Waals surface area contributed by atoms with Crippen molar-refractivity contribution in [2.45, 2.75) is 6.92 Å². The molecule has 0 radical (unpaired) electrons. The third-order valence-corrected chi connectivity index (χ3v) is 4.84. The number of nitrogens with one attached hydrogen (secondary N) is 1. The number of ketones is 1. The third kappa shape index (κ3) is 3.33. The van der Waals surface area contributed by atoms with Crippen molar-refractivity contribution in [3.63, 3.8) is 0 Å². The minimum atomic E-state index is -0.669. The third-order valence-electron chi connectivity index (χ3n) is 3.75. The van der Waals surface area contributed by atoms with Gasteiger partial charge in [-0.3, -0.25) is 14.4 Å². The molecule has 26 heavy (non-hydrogen) atoms. The fraction of sp³-hybridized carbons (Fsp3) is 0.0556. The predicted molar refractivity (Wildman–Crippen MR) is 102 cm³/mol. The monoisotopic (exact) mass is 408 g/mol. The molecule has 1 heterocycles. The van der Waals surface area contributed by atoms with Gasteiger partial charge >= 0.3 is 0 Å². The van der Waals surface area contributed by atoms with Gasteiger partial charge in [-0.25, -0.2) is 4.90 Å². The molecule has 0 saturated heterocycles. The van der Waals surface area contributed by atoms with Gasteiger partial charge in [-0.2, -0.15) is 0 Å². The second-order valence-corrected chi connectivity index (χ2v) is 6.68. The summed E-state index contributed by atoms with van der Waals surface area (Å²) in [5, 5.41) is 3.10. The zero-order chi connectivity index (χ0) is 19.0. The van der Waals surface area contributed by atoms with E-state index in [2.05, 4.69) is 5.32 Å². The van der Waals surface area contributed by atoms with Crippen LogP contribution in [0.25, 0.3) is 0 Å². The number of halogens is 3. The molecule has 2 amide bonds. The molecule has 2 aromatic carbocycles. The number of carbonyl (C=O) groups is 3. The minimum absolute atomic E-state index is 0.0571. The maximum Gasteiger partial charge on any atom is 0.283 e. The molecule has 1 N–H and O–H groups in total. The van der Waals surface area contributed by atoms with E-state index in [4.69, 9.17) is 34.8 Å². The van der Waals surface area contributed by atoms with E-state index in [0.717, 1.165) is 4.90 Å². The molecule has 0 aromatic heterocycles. The van der Waals surface area contributed by atoms with Crippen molar-refractivity contribution in [1.29, 1.82) is 0 Å². The second-order valence-electron chi connectivity index (χ2n) is 5.49. The number of rotatable bonds is 4. The first-order chi connectivity index (χ1) is 12.3. The lowest BCUT2D eigenvalue weighted by molar-refractivity contribution is -0.120. The Labute approximate surface area is 164 Å². The molecule has 3 rings (SSSR count). The normalized spacial score (nSPS) is 14.2. The topological polar surface area (TPSA) is 66.5 Å². The van der Waals surface area contributed by atoms with Crippen LogP contribution in [0.3, 0.4) is 0 Å². The van der Waals surface area contributed by atoms with Gasteiger partial charge in [0.2, 0.25) is 0 Å². The highest BCUT2D eigenvalue weighted by atomic mass is 35.5. The van der Waals surface area contributed by atoms with Crippen molar-refractivity contribution in [3.8, 4) is 0 Å². The molecular weight excluding hydrogens is 399 g/mol.